The molecule has 13 nitrogen and oxygen atoms in total. The van der Waals surface area contributed by atoms with E-state index in [9.17, 15) is 27.6 Å². The van der Waals surface area contributed by atoms with E-state index in [0.717, 1.165) is 23.4 Å². The van der Waals surface area contributed by atoms with E-state index in [1.807, 2.05) is 0 Å². The van der Waals surface area contributed by atoms with Crippen LogP contribution in [-0.4, -0.2) is 46.9 Å². The minimum absolute atomic E-state index is 0.106. The number of carbonyl (C=O) groups is 2. The van der Waals surface area contributed by atoms with Crippen LogP contribution in [0.4, 0.5) is 18.0 Å². The Labute approximate surface area is 239 Å². The van der Waals surface area contributed by atoms with Crippen molar-refractivity contribution in [1.82, 2.24) is 5.32 Å². The van der Waals surface area contributed by atoms with Crippen molar-refractivity contribution in [2.45, 2.75) is 37.7 Å². The fourth-order valence-corrected chi connectivity index (χ4v) is 4.33. The summed E-state index contributed by atoms with van der Waals surface area (Å²) in [6.07, 6.45) is -5.38. The molecule has 1 saturated heterocycles. The highest BCUT2D eigenvalue weighted by atomic mass is 32.3. The predicted octanol–water partition coefficient (Wildman–Crippen LogP) is 4.02. The van der Waals surface area contributed by atoms with Crippen molar-refractivity contribution < 1.29 is 63.3 Å². The number of imide groups is 1. The molecule has 2 aromatic carbocycles. The summed E-state index contributed by atoms with van der Waals surface area (Å²) in [5.74, 6) is -0.885. The largest absolute Gasteiger partial charge is 0.573 e. The number of halogens is 3. The molecule has 1 fully saturated rings. The molecule has 2 atom stereocenters. The highest BCUT2D eigenvalue weighted by Gasteiger charge is 2.32. The van der Waals surface area contributed by atoms with Crippen LogP contribution in [0.3, 0.4) is 0 Å². The van der Waals surface area contributed by atoms with Crippen LogP contribution in [0.25, 0.3) is 0 Å². The molecule has 0 aliphatic carbocycles. The molecule has 0 spiro atoms. The lowest BCUT2D eigenvalue weighted by atomic mass is 10.1. The second-order valence-electron chi connectivity index (χ2n) is 8.34. The molecule has 4 rings (SSSR count). The van der Waals surface area contributed by atoms with Gasteiger partial charge in [0.1, 0.15) is 36.6 Å². The van der Waals surface area contributed by atoms with Gasteiger partial charge in [0, 0.05) is 0 Å². The summed E-state index contributed by atoms with van der Waals surface area (Å²) >= 11 is 0.933. The maximum absolute atomic E-state index is 12.7. The van der Waals surface area contributed by atoms with Crippen molar-refractivity contribution in [1.29, 1.82) is 0 Å². The zero-order chi connectivity index (χ0) is 31.1. The molecule has 1 aliphatic rings. The fourth-order valence-electron chi connectivity index (χ4n) is 3.47. The van der Waals surface area contributed by atoms with Gasteiger partial charge in [-0.05, 0) is 48.7 Å². The molecule has 42 heavy (non-hydrogen) atoms. The molecule has 0 bridgehead atoms. The molecule has 228 valence electrons. The number of benzene rings is 2. The van der Waals surface area contributed by atoms with E-state index in [1.165, 1.54) is 19.1 Å². The van der Waals surface area contributed by atoms with Gasteiger partial charge in [0.05, 0.1) is 5.25 Å². The number of nitrogens with one attached hydrogen (secondary N) is 1. The molecular formula is C24H22F3NO12S2. The first kappa shape index (κ1) is 32.7. The van der Waals surface area contributed by atoms with Gasteiger partial charge < -0.3 is 23.0 Å². The van der Waals surface area contributed by atoms with E-state index < -0.39 is 39.7 Å². The van der Waals surface area contributed by atoms with Gasteiger partial charge in [-0.2, -0.15) is 8.42 Å². The molecule has 2 heterocycles. The first-order valence-electron chi connectivity index (χ1n) is 11.6. The fraction of sp³-hybridized carbons (Fsp3) is 0.292. The number of rotatable bonds is 10. The van der Waals surface area contributed by atoms with Gasteiger partial charge in [-0.1, -0.05) is 36.0 Å². The number of hydrogen-bond acceptors (Lipinski definition) is 11. The maximum atomic E-state index is 12.7. The summed E-state index contributed by atoms with van der Waals surface area (Å²) in [6.45, 7) is 1.21. The summed E-state index contributed by atoms with van der Waals surface area (Å²) in [6, 6.07) is 12.1. The lowest BCUT2D eigenvalue weighted by Crippen LogP contribution is -2.25. The third-order valence-corrected chi connectivity index (χ3v) is 6.21. The SMILES string of the molecule is Cc1oc(=O)oc1COC(COc1ccc(CC2SC(=O)NC2=O)cc1)c1cccc(OC(F)(F)F)c1.O=S(=O)(O)O. The van der Waals surface area contributed by atoms with Crippen LogP contribution in [0.2, 0.25) is 0 Å². The standard InChI is InChI=1S/C24H20F3NO8S.H2O4S/c1-13-18(35-23(31)34-13)11-33-19(15-3-2-4-17(10-15)36-24(25,26)27)12-32-16-7-5-14(6-8-16)9-20-21(29)28-22(30)37-20;1-5(2,3)4/h2-8,10,19-20H,9,11-12H2,1H3,(H,28,29,30);(H2,1,2,3,4). The molecule has 2 unspecified atom stereocenters. The minimum Gasteiger partial charge on any atom is -0.491 e. The van der Waals surface area contributed by atoms with Gasteiger partial charge in [0.2, 0.25) is 5.91 Å². The summed E-state index contributed by atoms with van der Waals surface area (Å²) < 4.78 is 95.0. The average Bonchev–Trinajstić information content (AvgIpc) is 3.36. The van der Waals surface area contributed by atoms with Crippen LogP contribution in [0.1, 0.15) is 28.8 Å². The average molecular weight is 638 g/mol. The van der Waals surface area contributed by atoms with Gasteiger partial charge >= 0.3 is 22.6 Å². The zero-order valence-electron chi connectivity index (χ0n) is 21.3. The lowest BCUT2D eigenvalue weighted by molar-refractivity contribution is -0.274. The Balaban J connectivity index is 0.000000892. The van der Waals surface area contributed by atoms with Crippen LogP contribution in [0.5, 0.6) is 11.5 Å². The Morgan fingerprint density at radius 3 is 2.26 bits per heavy atom. The van der Waals surface area contributed by atoms with Crippen molar-refractivity contribution in [2.75, 3.05) is 6.61 Å². The van der Waals surface area contributed by atoms with E-state index >= 15 is 0 Å². The number of aryl methyl sites for hydroxylation is 1. The highest BCUT2D eigenvalue weighted by Crippen LogP contribution is 2.29. The van der Waals surface area contributed by atoms with Crippen molar-refractivity contribution in [3.05, 3.63) is 81.8 Å². The van der Waals surface area contributed by atoms with Crippen molar-refractivity contribution >= 4 is 33.3 Å². The molecule has 0 saturated carbocycles. The number of hydrogen-bond donors (Lipinski definition) is 3. The van der Waals surface area contributed by atoms with E-state index in [-0.39, 0.29) is 35.9 Å². The van der Waals surface area contributed by atoms with Gasteiger partial charge in [0.25, 0.3) is 5.24 Å². The predicted molar refractivity (Wildman–Crippen MR) is 137 cm³/mol. The third kappa shape index (κ3) is 11.2. The van der Waals surface area contributed by atoms with Crippen LogP contribution >= 0.6 is 11.8 Å². The normalized spacial score (nSPS) is 15.9. The van der Waals surface area contributed by atoms with E-state index in [2.05, 4.69) is 10.1 Å². The zero-order valence-corrected chi connectivity index (χ0v) is 23.0. The summed E-state index contributed by atoms with van der Waals surface area (Å²) in [7, 11) is -4.67. The Kier molecular flexibility index (Phi) is 10.8. The monoisotopic (exact) mass is 637 g/mol. The number of thioether (sulfide) groups is 1. The lowest BCUT2D eigenvalue weighted by Gasteiger charge is -2.20. The maximum Gasteiger partial charge on any atom is 0.573 e. The second kappa shape index (κ2) is 13.9. The van der Waals surface area contributed by atoms with E-state index in [1.54, 1.807) is 30.3 Å². The van der Waals surface area contributed by atoms with Crippen molar-refractivity contribution in [3.63, 3.8) is 0 Å². The van der Waals surface area contributed by atoms with E-state index in [4.69, 9.17) is 35.8 Å². The van der Waals surface area contributed by atoms with Crippen LogP contribution in [0.15, 0.2) is 62.2 Å². The molecule has 3 aromatic rings. The van der Waals surface area contributed by atoms with Crippen molar-refractivity contribution in [3.8, 4) is 11.5 Å². The summed E-state index contributed by atoms with van der Waals surface area (Å²) in [4.78, 5) is 34.4. The number of carbonyl (C=O) groups excluding carboxylic acids is 2. The quantitative estimate of drug-likeness (QED) is 0.270. The Bertz CT molecular complexity index is 1540. The Hall–Kier alpha value is -3.84. The van der Waals surface area contributed by atoms with Crippen LogP contribution in [0, 0.1) is 6.92 Å². The smallest absolute Gasteiger partial charge is 0.491 e. The minimum atomic E-state index is -4.87. The second-order valence-corrected chi connectivity index (χ2v) is 10.4. The molecule has 18 heteroatoms. The van der Waals surface area contributed by atoms with Crippen LogP contribution in [-0.2, 0) is 33.0 Å². The first-order chi connectivity index (χ1) is 19.6. The molecule has 2 amide bonds. The third-order valence-electron chi connectivity index (χ3n) is 5.23. The Morgan fingerprint density at radius 2 is 1.71 bits per heavy atom. The summed E-state index contributed by atoms with van der Waals surface area (Å²) in [5.41, 5.74) is 1.14. The molecule has 1 aromatic heterocycles. The number of ether oxygens (including phenoxy) is 3. The van der Waals surface area contributed by atoms with Crippen molar-refractivity contribution in [2.24, 2.45) is 0 Å². The summed E-state index contributed by atoms with van der Waals surface area (Å²) in [5, 5.41) is 1.35. The molecule has 1 aliphatic heterocycles. The molecular weight excluding hydrogens is 615 g/mol. The van der Waals surface area contributed by atoms with Gasteiger partial charge in [-0.25, -0.2) is 4.79 Å². The molecule has 3 N–H and O–H groups in total. The van der Waals surface area contributed by atoms with Gasteiger partial charge in [0.15, 0.2) is 5.76 Å². The number of amides is 2. The van der Waals surface area contributed by atoms with Gasteiger partial charge in [-0.15, -0.1) is 13.2 Å². The number of alkyl halides is 3. The Morgan fingerprint density at radius 1 is 1.05 bits per heavy atom. The highest BCUT2D eigenvalue weighted by molar-refractivity contribution is 8.15. The van der Waals surface area contributed by atoms with Gasteiger partial charge in [-0.3, -0.25) is 24.0 Å². The topological polar surface area (TPSA) is 192 Å². The molecule has 0 radical (unpaired) electrons. The van der Waals surface area contributed by atoms with Crippen LogP contribution < -0.4 is 20.6 Å². The van der Waals surface area contributed by atoms with E-state index in [0.29, 0.717) is 17.7 Å². The first-order valence-corrected chi connectivity index (χ1v) is 13.8.